The number of rotatable bonds is 5. The first-order valence-electron chi connectivity index (χ1n) is 5.94. The molecule has 1 amide bonds. The highest BCUT2D eigenvalue weighted by Crippen LogP contribution is 2.09. The molecule has 1 aromatic heterocycles. The van der Waals surface area contributed by atoms with Crippen molar-refractivity contribution in [3.63, 3.8) is 0 Å². The smallest absolute Gasteiger partial charge is 0.328 e. The Bertz CT molecular complexity index is 446. The molecule has 5 nitrogen and oxygen atoms in total. The fraction of sp³-hybridized carbons (Fsp3) is 0.462. The molecule has 0 aliphatic heterocycles. The highest BCUT2D eigenvalue weighted by molar-refractivity contribution is 6.29. The molecule has 0 radical (unpaired) electrons. The Balaban J connectivity index is 2.75. The molecule has 1 aromatic rings. The molecule has 1 N–H and O–H groups in total. The number of nitrogens with one attached hydrogen (secondary N) is 1. The summed E-state index contributed by atoms with van der Waals surface area (Å²) >= 11 is 5.65. The van der Waals surface area contributed by atoms with Gasteiger partial charge in [-0.15, -0.1) is 0 Å². The fourth-order valence-corrected chi connectivity index (χ4v) is 1.69. The number of carbonyl (C=O) groups is 2. The van der Waals surface area contributed by atoms with E-state index in [1.807, 2.05) is 13.8 Å². The molecule has 0 aliphatic carbocycles. The number of methoxy groups -OCH3 is 1. The monoisotopic (exact) mass is 284 g/mol. The van der Waals surface area contributed by atoms with Crippen LogP contribution in [0.3, 0.4) is 0 Å². The van der Waals surface area contributed by atoms with Gasteiger partial charge < -0.3 is 10.1 Å². The highest BCUT2D eigenvalue weighted by Gasteiger charge is 2.23. The lowest BCUT2D eigenvalue weighted by molar-refractivity contribution is -0.143. The topological polar surface area (TPSA) is 68.3 Å². The number of hydrogen-bond donors (Lipinski definition) is 1. The van der Waals surface area contributed by atoms with Crippen molar-refractivity contribution in [3.8, 4) is 0 Å². The maximum absolute atomic E-state index is 12.0. The van der Waals surface area contributed by atoms with Gasteiger partial charge in [0.15, 0.2) is 0 Å². The van der Waals surface area contributed by atoms with Crippen LogP contribution in [0.4, 0.5) is 0 Å². The lowest BCUT2D eigenvalue weighted by Crippen LogP contribution is -2.42. The van der Waals surface area contributed by atoms with Gasteiger partial charge in [-0.3, -0.25) is 4.79 Å². The summed E-state index contributed by atoms with van der Waals surface area (Å²) in [6, 6.07) is 2.41. The van der Waals surface area contributed by atoms with E-state index in [2.05, 4.69) is 15.0 Å². The quantitative estimate of drug-likeness (QED) is 0.664. The van der Waals surface area contributed by atoms with Crippen molar-refractivity contribution >= 4 is 23.5 Å². The number of pyridine rings is 1. The molecule has 1 rings (SSSR count). The third-order valence-corrected chi connectivity index (χ3v) is 2.71. The molecule has 19 heavy (non-hydrogen) atoms. The van der Waals surface area contributed by atoms with Gasteiger partial charge in [-0.1, -0.05) is 25.4 Å². The number of hydrogen-bond acceptors (Lipinski definition) is 4. The molecule has 104 valence electrons. The molecular weight excluding hydrogens is 268 g/mol. The van der Waals surface area contributed by atoms with Crippen molar-refractivity contribution in [3.05, 3.63) is 29.0 Å². The van der Waals surface area contributed by atoms with Gasteiger partial charge in [-0.2, -0.15) is 0 Å². The summed E-state index contributed by atoms with van der Waals surface area (Å²) in [4.78, 5) is 27.4. The van der Waals surface area contributed by atoms with Crippen LogP contribution in [0.25, 0.3) is 0 Å². The summed E-state index contributed by atoms with van der Waals surface area (Å²) < 4.78 is 4.68. The van der Waals surface area contributed by atoms with Gasteiger partial charge in [-0.25, -0.2) is 9.78 Å². The molecule has 0 saturated carbocycles. The second-order valence-electron chi connectivity index (χ2n) is 4.55. The van der Waals surface area contributed by atoms with Crippen molar-refractivity contribution in [1.29, 1.82) is 0 Å². The lowest BCUT2D eigenvalue weighted by atomic mass is 10.0. The van der Waals surface area contributed by atoms with Gasteiger partial charge in [0, 0.05) is 6.20 Å². The Hall–Kier alpha value is -1.62. The molecular formula is C13H17ClN2O3. The van der Waals surface area contributed by atoms with Gasteiger partial charge in [0.25, 0.3) is 5.91 Å². The maximum atomic E-state index is 12.0. The number of ether oxygens (including phenoxy) is 1. The zero-order chi connectivity index (χ0) is 14.4. The zero-order valence-corrected chi connectivity index (χ0v) is 11.9. The maximum Gasteiger partial charge on any atom is 0.328 e. The summed E-state index contributed by atoms with van der Waals surface area (Å²) in [6.45, 7) is 3.93. The van der Waals surface area contributed by atoms with Crippen LogP contribution in [0, 0.1) is 5.92 Å². The normalized spacial score (nSPS) is 12.1. The van der Waals surface area contributed by atoms with Crippen molar-refractivity contribution in [1.82, 2.24) is 10.3 Å². The first-order chi connectivity index (χ1) is 8.93. The fourth-order valence-electron chi connectivity index (χ4n) is 1.58. The molecule has 0 saturated heterocycles. The molecule has 0 spiro atoms. The van der Waals surface area contributed by atoms with E-state index >= 15 is 0 Å². The van der Waals surface area contributed by atoms with Gasteiger partial charge in [-0.05, 0) is 24.5 Å². The number of amides is 1. The second-order valence-corrected chi connectivity index (χ2v) is 4.94. The minimum absolute atomic E-state index is 0.257. The Kier molecular flexibility index (Phi) is 5.76. The first kappa shape index (κ1) is 15.4. The molecule has 0 aliphatic rings. The van der Waals surface area contributed by atoms with Crippen LogP contribution in [-0.2, 0) is 9.53 Å². The predicted octanol–water partition coefficient (Wildman–Crippen LogP) is 2.05. The van der Waals surface area contributed by atoms with E-state index in [9.17, 15) is 9.59 Å². The van der Waals surface area contributed by atoms with Gasteiger partial charge in [0.2, 0.25) is 0 Å². The Labute approximate surface area is 117 Å². The molecule has 0 fully saturated rings. The summed E-state index contributed by atoms with van der Waals surface area (Å²) in [5, 5.41) is 2.95. The summed E-state index contributed by atoms with van der Waals surface area (Å²) in [7, 11) is 1.30. The summed E-state index contributed by atoms with van der Waals surface area (Å²) in [6.07, 6.45) is 1.88. The molecule has 0 unspecified atom stereocenters. The standard InChI is InChI=1S/C13H17ClN2O3/c1-8(2)6-10(13(18)19-3)16-12(17)9-4-5-11(14)15-7-9/h4-5,7-8,10H,6H2,1-3H3,(H,16,17)/t10-/m1/s1. The van der Waals surface area contributed by atoms with E-state index < -0.39 is 12.0 Å². The Morgan fingerprint density at radius 3 is 2.58 bits per heavy atom. The summed E-state index contributed by atoms with van der Waals surface area (Å²) in [5.41, 5.74) is 0.349. The van der Waals surface area contributed by atoms with E-state index in [1.165, 1.54) is 19.4 Å². The molecule has 1 heterocycles. The average Bonchev–Trinajstić information content (AvgIpc) is 2.37. The van der Waals surface area contributed by atoms with E-state index in [4.69, 9.17) is 11.6 Å². The SMILES string of the molecule is COC(=O)[C@@H](CC(C)C)NC(=O)c1ccc(Cl)nc1. The predicted molar refractivity (Wildman–Crippen MR) is 72.0 cm³/mol. The van der Waals surface area contributed by atoms with E-state index in [0.29, 0.717) is 17.1 Å². The number of carbonyl (C=O) groups excluding carboxylic acids is 2. The Morgan fingerprint density at radius 2 is 2.11 bits per heavy atom. The van der Waals surface area contributed by atoms with Crippen LogP contribution in [0.15, 0.2) is 18.3 Å². The van der Waals surface area contributed by atoms with Crippen LogP contribution < -0.4 is 5.32 Å². The van der Waals surface area contributed by atoms with Crippen molar-refractivity contribution in [2.75, 3.05) is 7.11 Å². The van der Waals surface area contributed by atoms with E-state index in [0.717, 1.165) is 0 Å². The minimum atomic E-state index is -0.659. The van der Waals surface area contributed by atoms with Crippen LogP contribution in [0.5, 0.6) is 0 Å². The van der Waals surface area contributed by atoms with Crippen molar-refractivity contribution in [2.24, 2.45) is 5.92 Å². The van der Waals surface area contributed by atoms with Crippen molar-refractivity contribution < 1.29 is 14.3 Å². The highest BCUT2D eigenvalue weighted by atomic mass is 35.5. The Morgan fingerprint density at radius 1 is 1.42 bits per heavy atom. The number of esters is 1. The number of aromatic nitrogens is 1. The third-order valence-electron chi connectivity index (χ3n) is 2.49. The van der Waals surface area contributed by atoms with Crippen LogP contribution in [0.2, 0.25) is 5.15 Å². The molecule has 6 heteroatoms. The molecule has 1 atom stereocenters. The first-order valence-corrected chi connectivity index (χ1v) is 6.32. The van der Waals surface area contributed by atoms with E-state index in [1.54, 1.807) is 6.07 Å². The van der Waals surface area contributed by atoms with Crippen molar-refractivity contribution in [2.45, 2.75) is 26.3 Å². The average molecular weight is 285 g/mol. The lowest BCUT2D eigenvalue weighted by Gasteiger charge is -2.18. The minimum Gasteiger partial charge on any atom is -0.467 e. The third kappa shape index (κ3) is 4.87. The van der Waals surface area contributed by atoms with Gasteiger partial charge >= 0.3 is 5.97 Å². The van der Waals surface area contributed by atoms with Crippen LogP contribution in [0.1, 0.15) is 30.6 Å². The molecule has 0 aromatic carbocycles. The summed E-state index contributed by atoms with van der Waals surface area (Å²) in [5.74, 6) is -0.572. The number of halogens is 1. The molecule has 0 bridgehead atoms. The van der Waals surface area contributed by atoms with Crippen LogP contribution in [-0.4, -0.2) is 30.0 Å². The van der Waals surface area contributed by atoms with E-state index in [-0.39, 0.29) is 11.8 Å². The van der Waals surface area contributed by atoms with Gasteiger partial charge in [0.05, 0.1) is 12.7 Å². The zero-order valence-electron chi connectivity index (χ0n) is 11.1. The number of nitrogens with zero attached hydrogens (tertiary/aromatic N) is 1. The second kappa shape index (κ2) is 7.09. The van der Waals surface area contributed by atoms with Crippen LogP contribution >= 0.6 is 11.6 Å². The van der Waals surface area contributed by atoms with Gasteiger partial charge in [0.1, 0.15) is 11.2 Å². The largest absolute Gasteiger partial charge is 0.467 e.